The van der Waals surface area contributed by atoms with Gasteiger partial charge in [-0.05, 0) is 29.3 Å². The average molecular weight is 531 g/mol. The highest BCUT2D eigenvalue weighted by atomic mass is 79.9. The van der Waals surface area contributed by atoms with E-state index in [0.717, 1.165) is 15.4 Å². The van der Waals surface area contributed by atoms with Crippen LogP contribution in [0, 0.1) is 10.1 Å². The number of hydrazone groups is 1. The number of nitrogens with zero attached hydrogens (tertiary/aromatic N) is 3. The fourth-order valence-corrected chi connectivity index (χ4v) is 4.86. The number of rotatable bonds is 4. The van der Waals surface area contributed by atoms with Crippen LogP contribution in [0.3, 0.4) is 0 Å². The Morgan fingerprint density at radius 2 is 1.86 bits per heavy atom. The van der Waals surface area contributed by atoms with E-state index in [1.54, 1.807) is 12.1 Å². The number of amides is 1. The molecule has 0 fully saturated rings. The summed E-state index contributed by atoms with van der Waals surface area (Å²) in [5, 5.41) is 18.0. The summed E-state index contributed by atoms with van der Waals surface area (Å²) in [4.78, 5) is 39.7. The van der Waals surface area contributed by atoms with Crippen LogP contribution in [0.5, 0.6) is 0 Å². The zero-order valence-electron chi connectivity index (χ0n) is 18.6. The van der Waals surface area contributed by atoms with Gasteiger partial charge in [-0.25, -0.2) is 5.01 Å². The van der Waals surface area contributed by atoms with Gasteiger partial charge in [-0.1, -0.05) is 58.4 Å². The first-order chi connectivity index (χ1) is 16.8. The molecule has 174 valence electrons. The van der Waals surface area contributed by atoms with Crippen LogP contribution in [0.15, 0.2) is 87.2 Å². The minimum atomic E-state index is -0.566. The Hall–Kier alpha value is -4.11. The van der Waals surface area contributed by atoms with Gasteiger partial charge in [-0.2, -0.15) is 5.10 Å². The van der Waals surface area contributed by atoms with Gasteiger partial charge in [0.15, 0.2) is 0 Å². The Morgan fingerprint density at radius 1 is 1.09 bits per heavy atom. The second-order valence-electron chi connectivity index (χ2n) is 8.24. The first-order valence-corrected chi connectivity index (χ1v) is 11.7. The Bertz CT molecular complexity index is 1580. The number of benzene rings is 3. The number of H-pyrrole nitrogens is 1. The highest BCUT2D eigenvalue weighted by molar-refractivity contribution is 9.10. The number of aromatic nitrogens is 1. The molecule has 4 aromatic rings. The van der Waals surface area contributed by atoms with Crippen LogP contribution < -0.4 is 5.56 Å². The van der Waals surface area contributed by atoms with Crippen LogP contribution >= 0.6 is 15.9 Å². The van der Waals surface area contributed by atoms with Crippen molar-refractivity contribution < 1.29 is 9.72 Å². The lowest BCUT2D eigenvalue weighted by Crippen LogP contribution is -2.24. The lowest BCUT2D eigenvalue weighted by molar-refractivity contribution is -0.384. The average Bonchev–Trinajstić information content (AvgIpc) is 3.29. The second-order valence-corrected chi connectivity index (χ2v) is 9.16. The third-order valence-corrected chi connectivity index (χ3v) is 6.52. The summed E-state index contributed by atoms with van der Waals surface area (Å²) < 4.78 is 0.855. The highest BCUT2D eigenvalue weighted by Crippen LogP contribution is 2.38. The van der Waals surface area contributed by atoms with E-state index in [1.165, 1.54) is 24.1 Å². The monoisotopic (exact) mass is 530 g/mol. The molecule has 1 aliphatic rings. The van der Waals surface area contributed by atoms with Crippen molar-refractivity contribution in [2.45, 2.75) is 19.4 Å². The maximum Gasteiger partial charge on any atom is 0.269 e. The number of hydrogen-bond acceptors (Lipinski definition) is 5. The molecule has 1 aromatic heterocycles. The fourth-order valence-electron chi connectivity index (χ4n) is 4.50. The van der Waals surface area contributed by atoms with Crippen molar-refractivity contribution in [3.05, 3.63) is 109 Å². The Labute approximate surface area is 208 Å². The van der Waals surface area contributed by atoms with E-state index in [9.17, 15) is 19.7 Å². The van der Waals surface area contributed by atoms with Crippen LogP contribution in [-0.4, -0.2) is 26.5 Å². The van der Waals surface area contributed by atoms with E-state index in [2.05, 4.69) is 26.0 Å². The number of non-ortho nitro benzene ring substituents is 1. The summed E-state index contributed by atoms with van der Waals surface area (Å²) in [6.45, 7) is 1.39. The topological polar surface area (TPSA) is 109 Å². The molecule has 1 aliphatic heterocycles. The van der Waals surface area contributed by atoms with Crippen molar-refractivity contribution in [1.29, 1.82) is 0 Å². The van der Waals surface area contributed by atoms with Gasteiger partial charge in [0.2, 0.25) is 5.91 Å². The van der Waals surface area contributed by atoms with Gasteiger partial charge >= 0.3 is 0 Å². The largest absolute Gasteiger partial charge is 0.321 e. The predicted octanol–water partition coefficient (Wildman–Crippen LogP) is 5.56. The third-order valence-electron chi connectivity index (χ3n) is 6.03. The smallest absolute Gasteiger partial charge is 0.269 e. The van der Waals surface area contributed by atoms with Crippen molar-refractivity contribution in [2.24, 2.45) is 5.10 Å². The van der Waals surface area contributed by atoms with Crippen LogP contribution in [-0.2, 0) is 4.79 Å². The molecule has 1 atom stereocenters. The summed E-state index contributed by atoms with van der Waals surface area (Å²) in [6, 6.07) is 20.8. The minimum absolute atomic E-state index is 0.0715. The summed E-state index contributed by atoms with van der Waals surface area (Å²) in [5.41, 5.74) is 3.24. The van der Waals surface area contributed by atoms with Crippen molar-refractivity contribution in [1.82, 2.24) is 9.99 Å². The Kier molecular flexibility index (Phi) is 5.78. The van der Waals surface area contributed by atoms with E-state index in [4.69, 9.17) is 0 Å². The number of pyridine rings is 1. The van der Waals surface area contributed by atoms with E-state index in [-0.39, 0.29) is 23.6 Å². The lowest BCUT2D eigenvalue weighted by Gasteiger charge is -2.20. The molecule has 5 rings (SSSR count). The molecule has 0 aliphatic carbocycles. The van der Waals surface area contributed by atoms with Crippen LogP contribution in [0.4, 0.5) is 5.69 Å². The Balaban J connectivity index is 1.72. The molecule has 0 radical (unpaired) electrons. The molecule has 35 heavy (non-hydrogen) atoms. The van der Waals surface area contributed by atoms with Gasteiger partial charge in [0.25, 0.3) is 11.2 Å². The molecule has 0 saturated carbocycles. The first kappa shape index (κ1) is 22.7. The number of hydrogen-bond donors (Lipinski definition) is 1. The zero-order valence-corrected chi connectivity index (χ0v) is 20.2. The van der Waals surface area contributed by atoms with E-state index in [1.807, 2.05) is 48.5 Å². The van der Waals surface area contributed by atoms with Crippen LogP contribution in [0.2, 0.25) is 0 Å². The van der Waals surface area contributed by atoms with Gasteiger partial charge in [0, 0.05) is 46.4 Å². The number of carbonyl (C=O) groups is 1. The summed E-state index contributed by atoms with van der Waals surface area (Å²) in [7, 11) is 0. The SMILES string of the molecule is CC(=O)N1N=C(c2c(-c3ccccc3)c3cc(Br)ccc3[nH]c2=O)C[C@H]1c1cccc([N+](=O)[O-])c1. The maximum atomic E-state index is 13.4. The second kappa shape index (κ2) is 8.92. The number of fused-ring (bicyclic) bond motifs is 1. The van der Waals surface area contributed by atoms with Gasteiger partial charge in [-0.3, -0.25) is 19.7 Å². The minimum Gasteiger partial charge on any atom is -0.321 e. The predicted molar refractivity (Wildman–Crippen MR) is 137 cm³/mol. The van der Waals surface area contributed by atoms with Gasteiger partial charge < -0.3 is 4.98 Å². The number of halogens is 1. The summed E-state index contributed by atoms with van der Waals surface area (Å²) >= 11 is 3.52. The molecule has 3 aromatic carbocycles. The molecule has 1 amide bonds. The molecule has 0 spiro atoms. The Morgan fingerprint density at radius 3 is 2.57 bits per heavy atom. The summed E-state index contributed by atoms with van der Waals surface area (Å²) in [6.07, 6.45) is 0.239. The molecule has 0 unspecified atom stereocenters. The van der Waals surface area contributed by atoms with Crippen molar-refractivity contribution in [3.63, 3.8) is 0 Å². The molecule has 9 heteroatoms. The number of nitro groups is 1. The fraction of sp³-hybridized carbons (Fsp3) is 0.115. The van der Waals surface area contributed by atoms with E-state index < -0.39 is 11.0 Å². The van der Waals surface area contributed by atoms with Crippen LogP contribution in [0.1, 0.15) is 30.5 Å². The molecular weight excluding hydrogens is 512 g/mol. The number of carbonyl (C=O) groups excluding carboxylic acids is 1. The normalized spacial score (nSPS) is 15.3. The molecule has 0 bridgehead atoms. The van der Waals surface area contributed by atoms with Crippen molar-refractivity contribution in [3.8, 4) is 11.1 Å². The standard InChI is InChI=1S/C26H19BrN4O4/c1-15(32)30-23(17-8-5-9-19(12-17)31(34)35)14-22(29-30)25-24(16-6-3-2-4-7-16)20-13-18(27)10-11-21(20)28-26(25)33/h2-13,23H,14H2,1H3,(H,28,33)/t23-/m0/s1. The molecule has 0 saturated heterocycles. The zero-order chi connectivity index (χ0) is 24.7. The molecule has 1 N–H and O–H groups in total. The summed E-state index contributed by atoms with van der Waals surface area (Å²) in [5.74, 6) is -0.322. The van der Waals surface area contributed by atoms with E-state index >= 15 is 0 Å². The van der Waals surface area contributed by atoms with E-state index in [0.29, 0.717) is 27.9 Å². The highest BCUT2D eigenvalue weighted by Gasteiger charge is 2.34. The lowest BCUT2D eigenvalue weighted by atomic mass is 9.91. The van der Waals surface area contributed by atoms with Gasteiger partial charge in [-0.15, -0.1) is 0 Å². The van der Waals surface area contributed by atoms with Crippen molar-refractivity contribution >= 4 is 44.1 Å². The third kappa shape index (κ3) is 4.15. The van der Waals surface area contributed by atoms with Crippen LogP contribution in [0.25, 0.3) is 22.0 Å². The molecular formula is C26H19BrN4O4. The quantitative estimate of drug-likeness (QED) is 0.275. The molecule has 8 nitrogen and oxygen atoms in total. The first-order valence-electron chi connectivity index (χ1n) is 10.9. The number of nitro benzene ring substituents is 1. The molecule has 2 heterocycles. The van der Waals surface area contributed by atoms with Gasteiger partial charge in [0.1, 0.15) is 0 Å². The van der Waals surface area contributed by atoms with Crippen molar-refractivity contribution in [2.75, 3.05) is 0 Å². The number of nitrogens with one attached hydrogen (secondary N) is 1. The number of aromatic amines is 1. The maximum absolute atomic E-state index is 13.4. The van der Waals surface area contributed by atoms with Gasteiger partial charge in [0.05, 0.1) is 22.2 Å².